The van der Waals surface area contributed by atoms with E-state index >= 15 is 0 Å². The molecule has 1 amide bonds. The summed E-state index contributed by atoms with van der Waals surface area (Å²) in [6.07, 6.45) is 1.86. The fourth-order valence-electron chi connectivity index (χ4n) is 3.44. The molecule has 7 heteroatoms. The third-order valence-electron chi connectivity index (χ3n) is 5.54. The monoisotopic (exact) mass is 514 g/mol. The van der Waals surface area contributed by atoms with E-state index in [1.807, 2.05) is 109 Å². The fraction of sp³-hybridized carbons (Fsp3) is 0.517. The van der Waals surface area contributed by atoms with Crippen molar-refractivity contribution >= 4 is 23.3 Å². The molecule has 0 spiro atoms. The number of rotatable bonds is 11. The second-order valence-electron chi connectivity index (χ2n) is 11.0. The largest absolute Gasteiger partial charge is 0.444 e. The Morgan fingerprint density at radius 2 is 1.53 bits per heavy atom. The highest BCUT2D eigenvalue weighted by molar-refractivity contribution is 7.85. The molecule has 3 atom stereocenters. The van der Waals surface area contributed by atoms with Gasteiger partial charge in [0.05, 0.1) is 18.0 Å². The number of amides is 1. The Hall–Kier alpha value is -2.51. The van der Waals surface area contributed by atoms with Gasteiger partial charge in [0, 0.05) is 24.7 Å². The highest BCUT2D eigenvalue weighted by Crippen LogP contribution is 2.22. The Bertz CT molecular complexity index is 982. The van der Waals surface area contributed by atoms with Crippen LogP contribution >= 0.6 is 0 Å². The van der Waals surface area contributed by atoms with E-state index in [4.69, 9.17) is 9.47 Å². The normalized spacial score (nSPS) is 14.9. The lowest BCUT2D eigenvalue weighted by molar-refractivity contribution is -0.000910. The summed E-state index contributed by atoms with van der Waals surface area (Å²) in [5, 5.41) is 0. The van der Waals surface area contributed by atoms with Crippen LogP contribution in [0.2, 0.25) is 0 Å². The van der Waals surface area contributed by atoms with Crippen molar-refractivity contribution in [2.75, 3.05) is 6.61 Å². The zero-order valence-electron chi connectivity index (χ0n) is 22.8. The molecule has 6 nitrogen and oxygen atoms in total. The predicted molar refractivity (Wildman–Crippen MR) is 148 cm³/mol. The second-order valence-corrected chi connectivity index (χ2v) is 12.9. The third kappa shape index (κ3) is 10.6. The summed E-state index contributed by atoms with van der Waals surface area (Å²) < 4.78 is 28.2. The van der Waals surface area contributed by atoms with Gasteiger partial charge in [-0.25, -0.2) is 9.00 Å². The summed E-state index contributed by atoms with van der Waals surface area (Å²) in [4.78, 5) is 15.1. The number of benzene rings is 2. The zero-order valence-corrected chi connectivity index (χ0v) is 23.6. The van der Waals surface area contributed by atoms with Crippen LogP contribution in [0.15, 0.2) is 65.1 Å². The van der Waals surface area contributed by atoms with Crippen LogP contribution in [-0.4, -0.2) is 44.4 Å². The SMILES string of the molecule is C[C@H]([C@@H](C/C=N\[S@](=O)C(C)(C)C)COCc1ccccc1)N(Cc1ccccc1)C(=O)OC(C)(C)C. The number of ether oxygens (including phenoxy) is 2. The number of hydrogen-bond acceptors (Lipinski definition) is 4. The van der Waals surface area contributed by atoms with E-state index in [2.05, 4.69) is 4.40 Å². The summed E-state index contributed by atoms with van der Waals surface area (Å²) in [6, 6.07) is 19.6. The van der Waals surface area contributed by atoms with Crippen molar-refractivity contribution in [3.8, 4) is 0 Å². The molecule has 0 N–H and O–H groups in total. The van der Waals surface area contributed by atoms with Crippen molar-refractivity contribution in [1.29, 1.82) is 0 Å². The molecule has 2 rings (SSSR count). The van der Waals surface area contributed by atoms with Crippen LogP contribution in [0.3, 0.4) is 0 Å². The third-order valence-corrected chi connectivity index (χ3v) is 6.93. The molecule has 36 heavy (non-hydrogen) atoms. The van der Waals surface area contributed by atoms with Gasteiger partial charge in [-0.15, -0.1) is 0 Å². The van der Waals surface area contributed by atoms with E-state index in [1.165, 1.54) is 0 Å². The van der Waals surface area contributed by atoms with Crippen molar-refractivity contribution in [3.63, 3.8) is 0 Å². The van der Waals surface area contributed by atoms with Gasteiger partial charge in [0.1, 0.15) is 16.6 Å². The topological polar surface area (TPSA) is 68.2 Å². The van der Waals surface area contributed by atoms with Crippen LogP contribution < -0.4 is 0 Å². The summed E-state index contributed by atoms with van der Waals surface area (Å²) in [7, 11) is -1.34. The number of carbonyl (C=O) groups excluding carboxylic acids is 1. The van der Waals surface area contributed by atoms with Crippen molar-refractivity contribution in [2.24, 2.45) is 10.3 Å². The molecule has 0 unspecified atom stereocenters. The van der Waals surface area contributed by atoms with Crippen LogP contribution in [0.25, 0.3) is 0 Å². The lowest BCUT2D eigenvalue weighted by Gasteiger charge is -2.35. The highest BCUT2D eigenvalue weighted by Gasteiger charge is 2.31. The lowest BCUT2D eigenvalue weighted by atomic mass is 9.97. The second kappa shape index (κ2) is 13.7. The molecule has 0 saturated carbocycles. The molecular formula is C29H42N2O4S. The molecule has 0 fully saturated rings. The van der Waals surface area contributed by atoms with Gasteiger partial charge in [-0.05, 0) is 66.0 Å². The Morgan fingerprint density at radius 1 is 0.972 bits per heavy atom. The van der Waals surface area contributed by atoms with Crippen molar-refractivity contribution in [2.45, 2.75) is 84.4 Å². The maximum Gasteiger partial charge on any atom is 0.410 e. The quantitative estimate of drug-likeness (QED) is 0.318. The Morgan fingerprint density at radius 3 is 2.06 bits per heavy atom. The predicted octanol–water partition coefficient (Wildman–Crippen LogP) is 6.57. The first-order valence-electron chi connectivity index (χ1n) is 12.5. The Balaban J connectivity index is 2.25. The maximum atomic E-state index is 13.3. The first kappa shape index (κ1) is 29.7. The van der Waals surface area contributed by atoms with Gasteiger partial charge in [-0.1, -0.05) is 60.7 Å². The van der Waals surface area contributed by atoms with E-state index < -0.39 is 21.3 Å². The molecule has 0 saturated heterocycles. The molecule has 0 aromatic heterocycles. The van der Waals surface area contributed by atoms with Crippen LogP contribution in [0, 0.1) is 5.92 Å². The van der Waals surface area contributed by atoms with E-state index in [0.29, 0.717) is 26.2 Å². The molecule has 2 aromatic rings. The van der Waals surface area contributed by atoms with E-state index in [0.717, 1.165) is 11.1 Å². The van der Waals surface area contributed by atoms with Gasteiger partial charge in [0.2, 0.25) is 0 Å². The molecule has 2 aromatic carbocycles. The van der Waals surface area contributed by atoms with Crippen LogP contribution in [0.1, 0.15) is 66.0 Å². The fourth-order valence-corrected chi connectivity index (χ4v) is 3.98. The Kier molecular flexibility index (Phi) is 11.3. The van der Waals surface area contributed by atoms with Gasteiger partial charge >= 0.3 is 6.09 Å². The number of carbonyl (C=O) groups is 1. The number of hydrogen-bond donors (Lipinski definition) is 0. The summed E-state index contributed by atoms with van der Waals surface area (Å²) in [6.45, 7) is 14.6. The summed E-state index contributed by atoms with van der Waals surface area (Å²) >= 11 is 0. The zero-order chi connectivity index (χ0) is 26.8. The van der Waals surface area contributed by atoms with Crippen LogP contribution in [-0.2, 0) is 33.6 Å². The van der Waals surface area contributed by atoms with Gasteiger partial charge in [-0.3, -0.25) is 0 Å². The smallest absolute Gasteiger partial charge is 0.410 e. The molecule has 0 aliphatic rings. The molecular weight excluding hydrogens is 472 g/mol. The molecule has 0 radical (unpaired) electrons. The molecule has 0 aliphatic carbocycles. The van der Waals surface area contributed by atoms with Gasteiger partial charge in [0.25, 0.3) is 0 Å². The lowest BCUT2D eigenvalue weighted by Crippen LogP contribution is -2.46. The van der Waals surface area contributed by atoms with Crippen molar-refractivity contribution < 1.29 is 18.5 Å². The minimum atomic E-state index is -1.34. The molecule has 0 bridgehead atoms. The van der Waals surface area contributed by atoms with Gasteiger partial charge < -0.3 is 14.4 Å². The highest BCUT2D eigenvalue weighted by atomic mass is 32.2. The van der Waals surface area contributed by atoms with Crippen LogP contribution in [0.5, 0.6) is 0 Å². The van der Waals surface area contributed by atoms with Crippen molar-refractivity contribution in [3.05, 3.63) is 71.8 Å². The number of nitrogens with zero attached hydrogens (tertiary/aromatic N) is 2. The van der Waals surface area contributed by atoms with Crippen molar-refractivity contribution in [1.82, 2.24) is 4.90 Å². The van der Waals surface area contributed by atoms with E-state index in [1.54, 1.807) is 11.1 Å². The average Bonchev–Trinajstić information content (AvgIpc) is 2.80. The van der Waals surface area contributed by atoms with Gasteiger partial charge in [-0.2, -0.15) is 4.40 Å². The first-order valence-corrected chi connectivity index (χ1v) is 13.6. The molecule has 198 valence electrons. The average molecular weight is 515 g/mol. The maximum absolute atomic E-state index is 13.3. The molecule has 0 heterocycles. The standard InChI is InChI=1S/C29H42N2O4S/c1-23(31(27(32)35-28(2,3)4)20-24-14-10-8-11-15-24)26(18-19-30-36(33)29(5,6)7)22-34-21-25-16-12-9-13-17-25/h8-17,19,23,26H,18,20-22H2,1-7H3/b30-19-/t23-,26+,36-/m1/s1. The summed E-state index contributed by atoms with van der Waals surface area (Å²) in [5.74, 6) is -0.0781. The minimum absolute atomic E-state index is 0.0781. The Labute approximate surface area is 219 Å². The summed E-state index contributed by atoms with van der Waals surface area (Å²) in [5.41, 5.74) is 1.48. The van der Waals surface area contributed by atoms with E-state index in [9.17, 15) is 9.00 Å². The molecule has 0 aliphatic heterocycles. The first-order chi connectivity index (χ1) is 16.9. The van der Waals surface area contributed by atoms with Crippen LogP contribution in [0.4, 0.5) is 4.79 Å². The minimum Gasteiger partial charge on any atom is -0.444 e. The van der Waals surface area contributed by atoms with Gasteiger partial charge in [0.15, 0.2) is 0 Å². The van der Waals surface area contributed by atoms with E-state index in [-0.39, 0.29) is 18.1 Å².